The monoisotopic (exact) mass is 704 g/mol. The minimum absolute atomic E-state index is 1.24. The summed E-state index contributed by atoms with van der Waals surface area (Å²) in [5, 5.41) is 23.7. The molecule has 0 aromatic heterocycles. The molecule has 0 spiro atoms. The van der Waals surface area contributed by atoms with E-state index in [-0.39, 0.29) is 0 Å². The molecule has 0 unspecified atom stereocenters. The maximum Gasteiger partial charge on any atom is -0.000718 e. The van der Waals surface area contributed by atoms with E-state index in [9.17, 15) is 0 Å². The fraction of sp³-hybridized carbons (Fsp3) is 0. The Kier molecular flexibility index (Phi) is 5.98. The molecule has 13 aromatic carbocycles. The van der Waals surface area contributed by atoms with Crippen molar-refractivity contribution in [2.75, 3.05) is 0 Å². The summed E-state index contributed by atoms with van der Waals surface area (Å²) >= 11 is 0. The lowest BCUT2D eigenvalue weighted by Gasteiger charge is -2.19. The van der Waals surface area contributed by atoms with E-state index >= 15 is 0 Å². The number of benzene rings is 11. The molecule has 0 saturated carbocycles. The molecule has 256 valence electrons. The van der Waals surface area contributed by atoms with Crippen molar-refractivity contribution in [3.8, 4) is 33.4 Å². The van der Waals surface area contributed by atoms with Crippen molar-refractivity contribution in [2.45, 2.75) is 0 Å². The van der Waals surface area contributed by atoms with Gasteiger partial charge in [-0.05, 0) is 149 Å². The molecule has 0 aliphatic carbocycles. The summed E-state index contributed by atoms with van der Waals surface area (Å²) in [4.78, 5) is 0. The van der Waals surface area contributed by atoms with E-state index in [0.717, 1.165) is 0 Å². The van der Waals surface area contributed by atoms with Crippen LogP contribution in [0, 0.1) is 0 Å². The normalized spacial score (nSPS) is 12.3. The Morgan fingerprint density at radius 1 is 0.179 bits per heavy atom. The molecule has 56 heavy (non-hydrogen) atoms. The third-order valence-electron chi connectivity index (χ3n) is 12.7. The van der Waals surface area contributed by atoms with Crippen molar-refractivity contribution in [3.63, 3.8) is 0 Å². The van der Waals surface area contributed by atoms with Gasteiger partial charge in [0.1, 0.15) is 0 Å². The van der Waals surface area contributed by atoms with E-state index in [1.165, 1.54) is 130 Å². The molecule has 0 bridgehead atoms. The summed E-state index contributed by atoms with van der Waals surface area (Å²) in [5.74, 6) is 0. The minimum atomic E-state index is 1.24. The quantitative estimate of drug-likeness (QED) is 0.161. The van der Waals surface area contributed by atoms with Crippen molar-refractivity contribution in [3.05, 3.63) is 194 Å². The Morgan fingerprint density at radius 2 is 0.696 bits per heavy atom. The molecule has 0 fully saturated rings. The van der Waals surface area contributed by atoms with E-state index in [0.29, 0.717) is 0 Å². The molecule has 0 saturated heterocycles. The van der Waals surface area contributed by atoms with Gasteiger partial charge in [-0.1, -0.05) is 176 Å². The van der Waals surface area contributed by atoms with Crippen LogP contribution in [0.5, 0.6) is 0 Å². The van der Waals surface area contributed by atoms with Crippen molar-refractivity contribution in [1.82, 2.24) is 0 Å². The summed E-state index contributed by atoms with van der Waals surface area (Å²) < 4.78 is 0. The lowest BCUT2D eigenvalue weighted by atomic mass is 9.84. The molecule has 0 aliphatic rings. The summed E-state index contributed by atoms with van der Waals surface area (Å²) in [6, 6.07) is 72.6. The molecule has 0 atom stereocenters. The zero-order valence-electron chi connectivity index (χ0n) is 30.5. The highest BCUT2D eigenvalue weighted by Crippen LogP contribution is 2.55. The number of rotatable bonds is 3. The standard InChI is InChI=1S/C56H32/c1-4-14-33(15-5-1)36-28-29-39-37(30-36)26-27-38-31-47-53-43(49(38)39)23-13-25-45(53)55-51(35-18-8-3-9-19-35)54-44-24-12-22-42-40-20-10-11-21-41(40)46(52(42)44)32-48(54)50(56(47)55)34-16-6-2-7-17-34/h1-32H. The highest BCUT2D eigenvalue weighted by molar-refractivity contribution is 6.46. The Labute approximate surface area is 323 Å². The molecule has 0 nitrogen and oxygen atoms in total. The molecule has 0 amide bonds. The summed E-state index contributed by atoms with van der Waals surface area (Å²) in [6.45, 7) is 0. The fourth-order valence-corrected chi connectivity index (χ4v) is 10.4. The topological polar surface area (TPSA) is 0 Å². The van der Waals surface area contributed by atoms with Gasteiger partial charge in [-0.2, -0.15) is 0 Å². The van der Waals surface area contributed by atoms with Gasteiger partial charge in [0, 0.05) is 0 Å². The van der Waals surface area contributed by atoms with Crippen LogP contribution in [0.25, 0.3) is 130 Å². The molecular weight excluding hydrogens is 673 g/mol. The van der Waals surface area contributed by atoms with Crippen LogP contribution in [0.2, 0.25) is 0 Å². The SMILES string of the molecule is c1ccc(-c2ccc3c(ccc4cc5c6c(-c7ccccc7)c7cc8c9ccccc9c9cccc(c7c(-c7ccccc7)c6c6cccc(c43)c56)c98)c2)cc1. The fourth-order valence-electron chi connectivity index (χ4n) is 10.4. The van der Waals surface area contributed by atoms with Crippen molar-refractivity contribution < 1.29 is 0 Å². The smallest absolute Gasteiger partial charge is 0.000718 e. The van der Waals surface area contributed by atoms with Crippen LogP contribution >= 0.6 is 0 Å². The Morgan fingerprint density at radius 3 is 1.41 bits per heavy atom. The van der Waals surface area contributed by atoms with Gasteiger partial charge < -0.3 is 0 Å². The van der Waals surface area contributed by atoms with Gasteiger partial charge in [0.05, 0.1) is 0 Å². The first-order valence-electron chi connectivity index (χ1n) is 19.6. The molecule has 13 rings (SSSR count). The highest BCUT2D eigenvalue weighted by atomic mass is 14.3. The number of hydrogen-bond acceptors (Lipinski definition) is 0. The maximum atomic E-state index is 2.53. The van der Waals surface area contributed by atoms with Crippen LogP contribution < -0.4 is 0 Å². The predicted octanol–water partition coefficient (Wildman–Crippen LogP) is 15.9. The predicted molar refractivity (Wildman–Crippen MR) is 243 cm³/mol. The zero-order valence-corrected chi connectivity index (χ0v) is 30.5. The average molecular weight is 705 g/mol. The first kappa shape index (κ1) is 30.1. The van der Waals surface area contributed by atoms with Crippen LogP contribution in [0.4, 0.5) is 0 Å². The van der Waals surface area contributed by atoms with Gasteiger partial charge >= 0.3 is 0 Å². The largest absolute Gasteiger partial charge is 0.0622 e. The Balaban J connectivity index is 1.29. The lowest BCUT2D eigenvalue weighted by Crippen LogP contribution is -1.91. The highest BCUT2D eigenvalue weighted by Gasteiger charge is 2.27. The van der Waals surface area contributed by atoms with Crippen molar-refractivity contribution >= 4 is 97.0 Å². The average Bonchev–Trinajstić information content (AvgIpc) is 3.77. The van der Waals surface area contributed by atoms with Gasteiger partial charge in [0.15, 0.2) is 0 Å². The van der Waals surface area contributed by atoms with E-state index in [1.807, 2.05) is 0 Å². The third-order valence-corrected chi connectivity index (χ3v) is 12.7. The minimum Gasteiger partial charge on any atom is -0.0622 e. The molecule has 0 N–H and O–H groups in total. The molecule has 0 aliphatic heterocycles. The van der Waals surface area contributed by atoms with Crippen LogP contribution in [-0.2, 0) is 0 Å². The molecule has 0 heterocycles. The summed E-state index contributed by atoms with van der Waals surface area (Å²) in [5.41, 5.74) is 7.61. The second-order valence-corrected chi connectivity index (χ2v) is 15.5. The second-order valence-electron chi connectivity index (χ2n) is 15.5. The molecule has 0 heteroatoms. The maximum absolute atomic E-state index is 2.53. The number of hydrogen-bond donors (Lipinski definition) is 0. The zero-order chi connectivity index (χ0) is 36.5. The number of fused-ring (bicyclic) bond motifs is 12. The van der Waals surface area contributed by atoms with Crippen molar-refractivity contribution in [2.24, 2.45) is 0 Å². The lowest BCUT2D eigenvalue weighted by molar-refractivity contribution is 1.65. The summed E-state index contributed by atoms with van der Waals surface area (Å²) in [6.07, 6.45) is 0. The van der Waals surface area contributed by atoms with Crippen LogP contribution in [0.1, 0.15) is 0 Å². The van der Waals surface area contributed by atoms with Crippen molar-refractivity contribution in [1.29, 1.82) is 0 Å². The van der Waals surface area contributed by atoms with Gasteiger partial charge in [0.25, 0.3) is 0 Å². The van der Waals surface area contributed by atoms with Gasteiger partial charge in [-0.3, -0.25) is 0 Å². The van der Waals surface area contributed by atoms with Crippen LogP contribution in [0.3, 0.4) is 0 Å². The first-order valence-corrected chi connectivity index (χ1v) is 19.6. The van der Waals surface area contributed by atoms with E-state index in [2.05, 4.69) is 194 Å². The summed E-state index contributed by atoms with van der Waals surface area (Å²) in [7, 11) is 0. The third kappa shape index (κ3) is 3.93. The van der Waals surface area contributed by atoms with E-state index in [4.69, 9.17) is 0 Å². The van der Waals surface area contributed by atoms with Gasteiger partial charge in [-0.25, -0.2) is 0 Å². The second kappa shape index (κ2) is 11.1. The van der Waals surface area contributed by atoms with Crippen LogP contribution in [0.15, 0.2) is 194 Å². The van der Waals surface area contributed by atoms with Gasteiger partial charge in [0.2, 0.25) is 0 Å². The van der Waals surface area contributed by atoms with Crippen LogP contribution in [-0.4, -0.2) is 0 Å². The van der Waals surface area contributed by atoms with Gasteiger partial charge in [-0.15, -0.1) is 0 Å². The van der Waals surface area contributed by atoms with E-state index < -0.39 is 0 Å². The first-order chi connectivity index (χ1) is 27.8. The Hall–Kier alpha value is -7.28. The molecular formula is C56H32. The molecule has 13 aromatic rings. The van der Waals surface area contributed by atoms with E-state index in [1.54, 1.807) is 0 Å². The Bertz CT molecular complexity index is 3710. The molecule has 0 radical (unpaired) electrons.